The van der Waals surface area contributed by atoms with Crippen molar-refractivity contribution in [1.82, 2.24) is 9.59 Å². The van der Waals surface area contributed by atoms with Gasteiger partial charge in [0.1, 0.15) is 5.00 Å². The molecule has 1 fully saturated rings. The molecule has 2 unspecified atom stereocenters. The number of ether oxygens (including phenoxy) is 1. The molecule has 1 aromatic heterocycles. The standard InChI is InChI=1S/C10H15N3O2S/c1-6-4-13(5-7(6)2)9-8(10(14)15-3)11-12-16-9/h6-7H,4-5H2,1-3H3. The SMILES string of the molecule is COC(=O)c1nnsc1N1CC(C)C(C)C1. The van der Waals surface area contributed by atoms with Crippen LogP contribution in [0.5, 0.6) is 0 Å². The van der Waals surface area contributed by atoms with Crippen molar-refractivity contribution < 1.29 is 9.53 Å². The molecule has 16 heavy (non-hydrogen) atoms. The van der Waals surface area contributed by atoms with Crippen LogP contribution in [0.3, 0.4) is 0 Å². The van der Waals surface area contributed by atoms with E-state index in [1.165, 1.54) is 18.6 Å². The summed E-state index contributed by atoms with van der Waals surface area (Å²) in [6, 6.07) is 0. The Balaban J connectivity index is 2.22. The Hall–Kier alpha value is -1.17. The predicted molar refractivity (Wildman–Crippen MR) is 61.8 cm³/mol. The van der Waals surface area contributed by atoms with E-state index >= 15 is 0 Å². The van der Waals surface area contributed by atoms with Crippen molar-refractivity contribution in [3.8, 4) is 0 Å². The normalized spacial score (nSPS) is 24.8. The molecule has 6 heteroatoms. The molecule has 0 saturated carbocycles. The van der Waals surface area contributed by atoms with Crippen molar-refractivity contribution in [1.29, 1.82) is 0 Å². The molecule has 0 aliphatic carbocycles. The highest BCUT2D eigenvalue weighted by atomic mass is 32.1. The first-order chi connectivity index (χ1) is 7.63. The van der Waals surface area contributed by atoms with Crippen molar-refractivity contribution in [3.05, 3.63) is 5.69 Å². The van der Waals surface area contributed by atoms with Crippen LogP contribution in [0.2, 0.25) is 0 Å². The van der Waals surface area contributed by atoms with E-state index in [1.807, 2.05) is 0 Å². The third kappa shape index (κ3) is 1.89. The summed E-state index contributed by atoms with van der Waals surface area (Å²) in [5.41, 5.74) is 0.341. The predicted octanol–water partition coefficient (Wildman–Crippen LogP) is 1.42. The molecular formula is C10H15N3O2S. The average Bonchev–Trinajstić information content (AvgIpc) is 2.85. The maximum absolute atomic E-state index is 11.5. The summed E-state index contributed by atoms with van der Waals surface area (Å²) in [5, 5.41) is 4.67. The highest BCUT2D eigenvalue weighted by Gasteiger charge is 2.31. The van der Waals surface area contributed by atoms with Gasteiger partial charge in [0.05, 0.1) is 7.11 Å². The van der Waals surface area contributed by atoms with Crippen LogP contribution in [0.1, 0.15) is 24.3 Å². The number of carbonyl (C=O) groups is 1. The van der Waals surface area contributed by atoms with Gasteiger partial charge in [0.15, 0.2) is 0 Å². The van der Waals surface area contributed by atoms with Gasteiger partial charge < -0.3 is 9.64 Å². The number of carbonyl (C=O) groups excluding carboxylic acids is 1. The first kappa shape index (κ1) is 11.3. The minimum absolute atomic E-state index is 0.341. The van der Waals surface area contributed by atoms with Crippen LogP contribution in [-0.4, -0.2) is 35.8 Å². The fraction of sp³-hybridized carbons (Fsp3) is 0.700. The Morgan fingerprint density at radius 2 is 2.06 bits per heavy atom. The maximum atomic E-state index is 11.5. The zero-order valence-corrected chi connectivity index (χ0v) is 10.5. The zero-order valence-electron chi connectivity index (χ0n) is 9.64. The van der Waals surface area contributed by atoms with Gasteiger partial charge in [0.2, 0.25) is 5.69 Å². The number of aromatic nitrogens is 2. The molecule has 88 valence electrons. The molecule has 1 aliphatic rings. The van der Waals surface area contributed by atoms with E-state index in [4.69, 9.17) is 0 Å². The lowest BCUT2D eigenvalue weighted by Gasteiger charge is -2.15. The summed E-state index contributed by atoms with van der Waals surface area (Å²) in [5.74, 6) is 0.858. The lowest BCUT2D eigenvalue weighted by molar-refractivity contribution is 0.0594. The number of hydrogen-bond acceptors (Lipinski definition) is 6. The van der Waals surface area contributed by atoms with Crippen LogP contribution < -0.4 is 4.90 Å². The van der Waals surface area contributed by atoms with E-state index in [9.17, 15) is 4.79 Å². The lowest BCUT2D eigenvalue weighted by atomic mass is 10.0. The molecule has 2 heterocycles. The topological polar surface area (TPSA) is 55.3 Å². The first-order valence-corrected chi connectivity index (χ1v) is 6.06. The van der Waals surface area contributed by atoms with Crippen LogP contribution in [-0.2, 0) is 4.74 Å². The molecule has 0 bridgehead atoms. The van der Waals surface area contributed by atoms with Crippen molar-refractivity contribution in [2.45, 2.75) is 13.8 Å². The molecule has 1 saturated heterocycles. The Morgan fingerprint density at radius 3 is 2.62 bits per heavy atom. The van der Waals surface area contributed by atoms with E-state index in [2.05, 4.69) is 33.1 Å². The molecule has 0 aromatic carbocycles. The van der Waals surface area contributed by atoms with Crippen LogP contribution >= 0.6 is 11.5 Å². The summed E-state index contributed by atoms with van der Waals surface area (Å²) < 4.78 is 8.52. The summed E-state index contributed by atoms with van der Waals surface area (Å²) in [4.78, 5) is 13.6. The molecule has 2 atom stereocenters. The molecule has 2 rings (SSSR count). The Morgan fingerprint density at radius 1 is 1.44 bits per heavy atom. The van der Waals surface area contributed by atoms with E-state index < -0.39 is 5.97 Å². The lowest BCUT2D eigenvalue weighted by Crippen LogP contribution is -2.21. The smallest absolute Gasteiger partial charge is 0.361 e. The quantitative estimate of drug-likeness (QED) is 0.733. The van der Waals surface area contributed by atoms with Gasteiger partial charge in [-0.25, -0.2) is 4.79 Å². The summed E-state index contributed by atoms with van der Waals surface area (Å²) in [6.07, 6.45) is 0. The van der Waals surface area contributed by atoms with E-state index in [0.29, 0.717) is 17.5 Å². The number of esters is 1. The van der Waals surface area contributed by atoms with Gasteiger partial charge in [-0.3, -0.25) is 0 Å². The number of hydrogen-bond donors (Lipinski definition) is 0. The summed E-state index contributed by atoms with van der Waals surface area (Å²) >= 11 is 1.26. The molecule has 1 aliphatic heterocycles. The molecule has 5 nitrogen and oxygen atoms in total. The fourth-order valence-electron chi connectivity index (χ4n) is 1.91. The second-order valence-electron chi connectivity index (χ2n) is 4.28. The van der Waals surface area contributed by atoms with E-state index in [1.54, 1.807) is 0 Å². The minimum atomic E-state index is -0.407. The summed E-state index contributed by atoms with van der Waals surface area (Å²) in [6.45, 7) is 6.35. The maximum Gasteiger partial charge on any atom is 0.361 e. The van der Waals surface area contributed by atoms with Crippen LogP contribution in [0, 0.1) is 11.8 Å². The van der Waals surface area contributed by atoms with Crippen molar-refractivity contribution >= 4 is 22.5 Å². The Bertz CT molecular complexity index is 383. The first-order valence-electron chi connectivity index (χ1n) is 5.29. The summed E-state index contributed by atoms with van der Waals surface area (Å²) in [7, 11) is 1.36. The van der Waals surface area contributed by atoms with Crippen molar-refractivity contribution in [3.63, 3.8) is 0 Å². The van der Waals surface area contributed by atoms with Gasteiger partial charge in [-0.15, -0.1) is 5.10 Å². The average molecular weight is 241 g/mol. The molecular weight excluding hydrogens is 226 g/mol. The zero-order chi connectivity index (χ0) is 11.7. The Labute approximate surface area is 98.6 Å². The number of anilines is 1. The molecule has 0 amide bonds. The van der Waals surface area contributed by atoms with Gasteiger partial charge in [-0.1, -0.05) is 18.3 Å². The second-order valence-corrected chi connectivity index (χ2v) is 5.01. The molecule has 0 N–H and O–H groups in total. The number of nitrogens with zero attached hydrogens (tertiary/aromatic N) is 3. The molecule has 0 radical (unpaired) electrons. The second kappa shape index (κ2) is 4.37. The van der Waals surface area contributed by atoms with E-state index in [-0.39, 0.29) is 0 Å². The largest absolute Gasteiger partial charge is 0.464 e. The minimum Gasteiger partial charge on any atom is -0.464 e. The fourth-order valence-corrected chi connectivity index (χ4v) is 2.59. The van der Waals surface area contributed by atoms with Crippen molar-refractivity contribution in [2.24, 2.45) is 11.8 Å². The molecule has 1 aromatic rings. The Kier molecular flexibility index (Phi) is 3.09. The van der Waals surface area contributed by atoms with Gasteiger partial charge in [-0.2, -0.15) is 0 Å². The number of methoxy groups -OCH3 is 1. The number of rotatable bonds is 2. The van der Waals surface area contributed by atoms with Crippen LogP contribution in [0.15, 0.2) is 0 Å². The monoisotopic (exact) mass is 241 g/mol. The van der Waals surface area contributed by atoms with Crippen LogP contribution in [0.25, 0.3) is 0 Å². The molecule has 0 spiro atoms. The highest BCUT2D eigenvalue weighted by Crippen LogP contribution is 2.31. The third-order valence-electron chi connectivity index (χ3n) is 3.12. The van der Waals surface area contributed by atoms with Crippen LogP contribution in [0.4, 0.5) is 5.00 Å². The van der Waals surface area contributed by atoms with Gasteiger partial charge >= 0.3 is 5.97 Å². The third-order valence-corrected chi connectivity index (χ3v) is 3.91. The van der Waals surface area contributed by atoms with Crippen molar-refractivity contribution in [2.75, 3.05) is 25.1 Å². The van der Waals surface area contributed by atoms with E-state index in [0.717, 1.165) is 18.1 Å². The highest BCUT2D eigenvalue weighted by molar-refractivity contribution is 7.10. The van der Waals surface area contributed by atoms with Gasteiger partial charge in [-0.05, 0) is 11.8 Å². The van der Waals surface area contributed by atoms with Gasteiger partial charge in [0.25, 0.3) is 0 Å². The van der Waals surface area contributed by atoms with Gasteiger partial charge in [0, 0.05) is 24.6 Å².